The maximum atomic E-state index is 12.6. The van der Waals surface area contributed by atoms with E-state index in [2.05, 4.69) is 10.5 Å². The summed E-state index contributed by atoms with van der Waals surface area (Å²) in [6.45, 7) is 2.36. The summed E-state index contributed by atoms with van der Waals surface area (Å²) in [5.74, 6) is 0.330. The molecule has 0 spiro atoms. The van der Waals surface area contributed by atoms with Gasteiger partial charge in [0.1, 0.15) is 9.97 Å². The van der Waals surface area contributed by atoms with E-state index < -0.39 is 15.9 Å². The van der Waals surface area contributed by atoms with Crippen LogP contribution in [0.15, 0.2) is 32.3 Å². The molecule has 3 heterocycles. The summed E-state index contributed by atoms with van der Waals surface area (Å²) in [4.78, 5) is 12.3. The highest BCUT2D eigenvalue weighted by atomic mass is 32.2. The topological polar surface area (TPSA) is 92.5 Å². The number of aryl methyl sites for hydroxylation is 1. The Hall–Kier alpha value is -1.71. The SMILES string of the molecule is Cc1cc(NC(=O)C2CCCN(S(=O)(=O)c3cccs3)C2)no1. The summed E-state index contributed by atoms with van der Waals surface area (Å²) in [6, 6.07) is 4.92. The molecule has 0 radical (unpaired) electrons. The average molecular weight is 355 g/mol. The third-order valence-electron chi connectivity index (χ3n) is 3.72. The Bertz CT molecular complexity index is 783. The second kappa shape index (κ2) is 6.42. The van der Waals surface area contributed by atoms with E-state index in [0.717, 1.165) is 0 Å². The molecule has 7 nitrogen and oxygen atoms in total. The first-order valence-corrected chi connectivity index (χ1v) is 9.56. The number of anilines is 1. The molecule has 1 aliphatic rings. The Morgan fingerprint density at radius 3 is 3.00 bits per heavy atom. The van der Waals surface area contributed by atoms with Crippen LogP contribution in [-0.2, 0) is 14.8 Å². The van der Waals surface area contributed by atoms with Gasteiger partial charge in [0.05, 0.1) is 5.92 Å². The van der Waals surface area contributed by atoms with Crippen molar-refractivity contribution >= 4 is 33.1 Å². The molecule has 1 N–H and O–H groups in total. The van der Waals surface area contributed by atoms with Crippen LogP contribution >= 0.6 is 11.3 Å². The second-order valence-corrected chi connectivity index (χ2v) is 8.56. The monoisotopic (exact) mass is 355 g/mol. The van der Waals surface area contributed by atoms with Crippen LogP contribution in [0.2, 0.25) is 0 Å². The number of amides is 1. The van der Waals surface area contributed by atoms with Gasteiger partial charge in [-0.1, -0.05) is 11.2 Å². The first-order chi connectivity index (χ1) is 11.0. The van der Waals surface area contributed by atoms with Crippen molar-refractivity contribution in [3.05, 3.63) is 29.3 Å². The highest BCUT2D eigenvalue weighted by molar-refractivity contribution is 7.91. The van der Waals surface area contributed by atoms with Crippen molar-refractivity contribution in [3.63, 3.8) is 0 Å². The molecule has 2 aromatic rings. The van der Waals surface area contributed by atoms with Gasteiger partial charge in [0.15, 0.2) is 5.82 Å². The van der Waals surface area contributed by atoms with E-state index in [4.69, 9.17) is 4.52 Å². The quantitative estimate of drug-likeness (QED) is 0.906. The van der Waals surface area contributed by atoms with Crippen LogP contribution in [0.5, 0.6) is 0 Å². The number of piperidine rings is 1. The van der Waals surface area contributed by atoms with Gasteiger partial charge in [-0.05, 0) is 31.2 Å². The van der Waals surface area contributed by atoms with E-state index >= 15 is 0 Å². The number of rotatable bonds is 4. The van der Waals surface area contributed by atoms with Gasteiger partial charge < -0.3 is 9.84 Å². The van der Waals surface area contributed by atoms with Gasteiger partial charge >= 0.3 is 0 Å². The normalized spacial score (nSPS) is 19.6. The maximum absolute atomic E-state index is 12.6. The van der Waals surface area contributed by atoms with Crippen molar-refractivity contribution in [1.29, 1.82) is 0 Å². The Morgan fingerprint density at radius 1 is 1.52 bits per heavy atom. The minimum absolute atomic E-state index is 0.183. The van der Waals surface area contributed by atoms with Crippen LogP contribution in [0.25, 0.3) is 0 Å². The van der Waals surface area contributed by atoms with E-state index in [9.17, 15) is 13.2 Å². The van der Waals surface area contributed by atoms with E-state index in [1.165, 1.54) is 15.6 Å². The fourth-order valence-corrected chi connectivity index (χ4v) is 5.23. The smallest absolute Gasteiger partial charge is 0.252 e. The van der Waals surface area contributed by atoms with Gasteiger partial charge in [0.25, 0.3) is 10.0 Å². The lowest BCUT2D eigenvalue weighted by Gasteiger charge is -2.30. The predicted octanol–water partition coefficient (Wildman–Crippen LogP) is 2.08. The number of aromatic nitrogens is 1. The molecular formula is C14H17N3O4S2. The van der Waals surface area contributed by atoms with Gasteiger partial charge in [0.2, 0.25) is 5.91 Å². The van der Waals surface area contributed by atoms with Crippen molar-refractivity contribution in [2.24, 2.45) is 5.92 Å². The summed E-state index contributed by atoms with van der Waals surface area (Å²) in [5, 5.41) is 8.13. The summed E-state index contributed by atoms with van der Waals surface area (Å²) < 4.78 is 31.7. The molecular weight excluding hydrogens is 338 g/mol. The number of thiophene rings is 1. The fraction of sp³-hybridized carbons (Fsp3) is 0.429. The minimum atomic E-state index is -3.52. The minimum Gasteiger partial charge on any atom is -0.360 e. The molecule has 1 saturated heterocycles. The highest BCUT2D eigenvalue weighted by Gasteiger charge is 2.34. The molecule has 0 aromatic carbocycles. The van der Waals surface area contributed by atoms with Gasteiger partial charge in [0, 0.05) is 19.2 Å². The van der Waals surface area contributed by atoms with Crippen molar-refractivity contribution in [2.45, 2.75) is 24.0 Å². The Labute approximate surface area is 138 Å². The zero-order chi connectivity index (χ0) is 16.4. The van der Waals surface area contributed by atoms with Crippen LogP contribution in [0, 0.1) is 12.8 Å². The summed E-state index contributed by atoms with van der Waals surface area (Å²) in [5.41, 5.74) is 0. The standard InChI is InChI=1S/C14H17N3O4S2/c1-10-8-12(16-21-10)15-14(18)11-4-2-6-17(9-11)23(19,20)13-5-3-7-22-13/h3,5,7-8,11H,2,4,6,9H2,1H3,(H,15,16,18). The molecule has 1 unspecified atom stereocenters. The van der Waals surface area contributed by atoms with Crippen LogP contribution in [0.3, 0.4) is 0 Å². The average Bonchev–Trinajstić information content (AvgIpc) is 3.19. The van der Waals surface area contributed by atoms with Crippen LogP contribution in [-0.4, -0.2) is 36.9 Å². The third-order valence-corrected chi connectivity index (χ3v) is 6.96. The first kappa shape index (κ1) is 16.2. The zero-order valence-electron chi connectivity index (χ0n) is 12.6. The Kier molecular flexibility index (Phi) is 4.51. The van der Waals surface area contributed by atoms with Crippen molar-refractivity contribution in [1.82, 2.24) is 9.46 Å². The van der Waals surface area contributed by atoms with Crippen molar-refractivity contribution in [3.8, 4) is 0 Å². The molecule has 1 amide bonds. The fourth-order valence-electron chi connectivity index (χ4n) is 2.57. The molecule has 1 atom stereocenters. The van der Waals surface area contributed by atoms with E-state index in [1.54, 1.807) is 30.5 Å². The third kappa shape index (κ3) is 3.46. The molecule has 0 saturated carbocycles. The lowest BCUT2D eigenvalue weighted by molar-refractivity contribution is -0.120. The van der Waals surface area contributed by atoms with Gasteiger partial charge in [-0.3, -0.25) is 4.79 Å². The molecule has 0 aliphatic carbocycles. The first-order valence-electron chi connectivity index (χ1n) is 7.24. The van der Waals surface area contributed by atoms with Crippen LogP contribution in [0.1, 0.15) is 18.6 Å². The van der Waals surface area contributed by atoms with E-state index in [1.807, 2.05) is 0 Å². The van der Waals surface area contributed by atoms with Crippen LogP contribution < -0.4 is 5.32 Å². The Balaban J connectivity index is 1.69. The van der Waals surface area contributed by atoms with Gasteiger partial charge in [-0.25, -0.2) is 8.42 Å². The van der Waals surface area contributed by atoms with E-state index in [-0.39, 0.29) is 12.5 Å². The summed E-state index contributed by atoms with van der Waals surface area (Å²) in [6.07, 6.45) is 1.31. The number of carbonyl (C=O) groups excluding carboxylic acids is 1. The molecule has 124 valence electrons. The van der Waals surface area contributed by atoms with E-state index in [0.29, 0.717) is 35.2 Å². The largest absolute Gasteiger partial charge is 0.360 e. The number of hydrogen-bond donors (Lipinski definition) is 1. The molecule has 1 fully saturated rings. The number of nitrogens with one attached hydrogen (secondary N) is 1. The van der Waals surface area contributed by atoms with Crippen LogP contribution in [0.4, 0.5) is 5.82 Å². The molecule has 0 bridgehead atoms. The lowest BCUT2D eigenvalue weighted by atomic mass is 9.99. The summed E-state index contributed by atoms with van der Waals surface area (Å²) >= 11 is 1.19. The van der Waals surface area contributed by atoms with Crippen molar-refractivity contribution in [2.75, 3.05) is 18.4 Å². The number of nitrogens with zero attached hydrogens (tertiary/aromatic N) is 2. The lowest BCUT2D eigenvalue weighted by Crippen LogP contribution is -2.43. The molecule has 23 heavy (non-hydrogen) atoms. The highest BCUT2D eigenvalue weighted by Crippen LogP contribution is 2.27. The zero-order valence-corrected chi connectivity index (χ0v) is 14.2. The number of carbonyl (C=O) groups is 1. The molecule has 9 heteroatoms. The number of hydrogen-bond acceptors (Lipinski definition) is 6. The Morgan fingerprint density at radius 2 is 2.35 bits per heavy atom. The maximum Gasteiger partial charge on any atom is 0.252 e. The number of sulfonamides is 1. The summed E-state index contributed by atoms with van der Waals surface area (Å²) in [7, 11) is -3.52. The second-order valence-electron chi connectivity index (χ2n) is 5.45. The van der Waals surface area contributed by atoms with Crippen molar-refractivity contribution < 1.29 is 17.7 Å². The molecule has 3 rings (SSSR count). The predicted molar refractivity (Wildman–Crippen MR) is 85.7 cm³/mol. The van der Waals surface area contributed by atoms with Gasteiger partial charge in [-0.15, -0.1) is 11.3 Å². The molecule has 2 aromatic heterocycles. The molecule has 1 aliphatic heterocycles. The van der Waals surface area contributed by atoms with Gasteiger partial charge in [-0.2, -0.15) is 4.31 Å².